The fourth-order valence-corrected chi connectivity index (χ4v) is 2.12. The Kier molecular flexibility index (Phi) is 5.08. The van der Waals surface area contributed by atoms with Gasteiger partial charge >= 0.3 is 11.9 Å². The van der Waals surface area contributed by atoms with Gasteiger partial charge in [-0.05, 0) is 43.9 Å². The number of allylic oxidation sites excluding steroid dienone is 1. The Morgan fingerprint density at radius 2 is 1.40 bits per heavy atom. The molecule has 0 radical (unpaired) electrons. The molecule has 0 atom stereocenters. The van der Waals surface area contributed by atoms with Crippen molar-refractivity contribution in [3.63, 3.8) is 0 Å². The van der Waals surface area contributed by atoms with Crippen LogP contribution in [0.3, 0.4) is 0 Å². The van der Waals surface area contributed by atoms with Gasteiger partial charge in [-0.3, -0.25) is 9.59 Å². The summed E-state index contributed by atoms with van der Waals surface area (Å²) in [5, 5.41) is 0. The van der Waals surface area contributed by atoms with Crippen LogP contribution in [0.4, 0.5) is 0 Å². The van der Waals surface area contributed by atoms with Crippen LogP contribution in [0.15, 0.2) is 12.7 Å². The molecule has 20 heavy (non-hydrogen) atoms. The maximum Gasteiger partial charge on any atom is 0.308 e. The minimum atomic E-state index is -0.377. The van der Waals surface area contributed by atoms with Gasteiger partial charge in [-0.25, -0.2) is 0 Å². The van der Waals surface area contributed by atoms with E-state index >= 15 is 0 Å². The summed E-state index contributed by atoms with van der Waals surface area (Å²) < 4.78 is 10.6. The van der Waals surface area contributed by atoms with Crippen LogP contribution >= 0.6 is 0 Å². The summed E-state index contributed by atoms with van der Waals surface area (Å²) in [4.78, 5) is 22.5. The molecule has 4 heteroatoms. The van der Waals surface area contributed by atoms with Crippen molar-refractivity contribution in [3.8, 4) is 11.5 Å². The average Bonchev–Trinajstić information content (AvgIpc) is 2.35. The molecular weight excluding hydrogens is 256 g/mol. The van der Waals surface area contributed by atoms with Crippen molar-refractivity contribution in [2.24, 2.45) is 0 Å². The first-order valence-electron chi connectivity index (χ1n) is 6.39. The molecule has 0 saturated heterocycles. The lowest BCUT2D eigenvalue weighted by Gasteiger charge is -2.20. The van der Waals surface area contributed by atoms with Gasteiger partial charge < -0.3 is 9.47 Å². The van der Waals surface area contributed by atoms with E-state index in [1.165, 1.54) is 13.8 Å². The summed E-state index contributed by atoms with van der Waals surface area (Å²) in [6, 6.07) is 0. The van der Waals surface area contributed by atoms with Crippen molar-refractivity contribution in [1.29, 1.82) is 0 Å². The summed E-state index contributed by atoms with van der Waals surface area (Å²) >= 11 is 0. The average molecular weight is 276 g/mol. The van der Waals surface area contributed by atoms with E-state index in [4.69, 9.17) is 9.47 Å². The SMILES string of the molecule is C=CCc1c(C)c(OC(C)=O)c(C)c(C)c1OC(C)=O. The molecule has 0 N–H and O–H groups in total. The van der Waals surface area contributed by atoms with E-state index in [0.717, 1.165) is 22.3 Å². The molecule has 0 saturated carbocycles. The molecule has 4 nitrogen and oxygen atoms in total. The van der Waals surface area contributed by atoms with Gasteiger partial charge in [0.2, 0.25) is 0 Å². The molecule has 1 rings (SSSR count). The van der Waals surface area contributed by atoms with E-state index in [1.54, 1.807) is 6.08 Å². The van der Waals surface area contributed by atoms with E-state index in [2.05, 4.69) is 6.58 Å². The fraction of sp³-hybridized carbons (Fsp3) is 0.375. The maximum atomic E-state index is 11.3. The number of rotatable bonds is 4. The zero-order chi connectivity index (χ0) is 15.4. The molecule has 0 aromatic heterocycles. The smallest absolute Gasteiger partial charge is 0.308 e. The summed E-state index contributed by atoms with van der Waals surface area (Å²) in [5.41, 5.74) is 3.19. The molecule has 108 valence electrons. The van der Waals surface area contributed by atoms with Crippen molar-refractivity contribution in [2.45, 2.75) is 41.0 Å². The topological polar surface area (TPSA) is 52.6 Å². The van der Waals surface area contributed by atoms with Gasteiger partial charge in [0, 0.05) is 19.4 Å². The lowest BCUT2D eigenvalue weighted by Crippen LogP contribution is -2.11. The van der Waals surface area contributed by atoms with Crippen molar-refractivity contribution in [2.75, 3.05) is 0 Å². The Morgan fingerprint density at radius 1 is 0.950 bits per heavy atom. The molecule has 0 aliphatic heterocycles. The highest BCUT2D eigenvalue weighted by atomic mass is 16.5. The molecule has 0 fully saturated rings. The van der Waals surface area contributed by atoms with E-state index in [-0.39, 0.29) is 11.9 Å². The minimum absolute atomic E-state index is 0.375. The second kappa shape index (κ2) is 6.37. The zero-order valence-corrected chi connectivity index (χ0v) is 12.6. The van der Waals surface area contributed by atoms with Crippen LogP contribution in [0.25, 0.3) is 0 Å². The van der Waals surface area contributed by atoms with Crippen molar-refractivity contribution in [3.05, 3.63) is 34.9 Å². The van der Waals surface area contributed by atoms with Crippen molar-refractivity contribution < 1.29 is 19.1 Å². The molecule has 0 aliphatic carbocycles. The normalized spacial score (nSPS) is 10.1. The Labute approximate surface area is 119 Å². The predicted octanol–water partition coefficient (Wildman–Crippen LogP) is 3.19. The highest BCUT2D eigenvalue weighted by Crippen LogP contribution is 2.38. The summed E-state index contributed by atoms with van der Waals surface area (Å²) in [5.74, 6) is 0.309. The van der Waals surface area contributed by atoms with E-state index in [1.807, 2.05) is 20.8 Å². The number of carbonyl (C=O) groups is 2. The fourth-order valence-electron chi connectivity index (χ4n) is 2.12. The number of carbonyl (C=O) groups excluding carboxylic acids is 2. The van der Waals surface area contributed by atoms with Crippen LogP contribution in [0, 0.1) is 20.8 Å². The molecule has 0 unspecified atom stereocenters. The van der Waals surface area contributed by atoms with Crippen LogP contribution in [-0.2, 0) is 16.0 Å². The number of ether oxygens (including phenoxy) is 2. The van der Waals surface area contributed by atoms with E-state index in [9.17, 15) is 9.59 Å². The van der Waals surface area contributed by atoms with Crippen molar-refractivity contribution in [1.82, 2.24) is 0 Å². The van der Waals surface area contributed by atoms with Crippen LogP contribution < -0.4 is 9.47 Å². The van der Waals surface area contributed by atoms with Gasteiger partial charge in [0.25, 0.3) is 0 Å². The Hall–Kier alpha value is -2.10. The second-order valence-electron chi connectivity index (χ2n) is 4.69. The van der Waals surface area contributed by atoms with Crippen LogP contribution in [0.1, 0.15) is 36.1 Å². The quantitative estimate of drug-likeness (QED) is 0.481. The number of esters is 2. The molecule has 0 spiro atoms. The van der Waals surface area contributed by atoms with Crippen LogP contribution in [-0.4, -0.2) is 11.9 Å². The molecule has 1 aromatic carbocycles. The number of benzene rings is 1. The third-order valence-corrected chi connectivity index (χ3v) is 3.15. The standard InChI is InChI=1S/C16H20O4/c1-7-8-14-11(4)15(19-12(5)17)9(2)10(3)16(14)20-13(6)18/h7H,1,8H2,2-6H3. The first kappa shape index (κ1) is 16.0. The maximum absolute atomic E-state index is 11.3. The van der Waals surface area contributed by atoms with Gasteiger partial charge in [-0.1, -0.05) is 6.08 Å². The predicted molar refractivity (Wildman–Crippen MR) is 77.2 cm³/mol. The highest BCUT2D eigenvalue weighted by Gasteiger charge is 2.20. The number of hydrogen-bond donors (Lipinski definition) is 0. The van der Waals surface area contributed by atoms with Gasteiger partial charge in [-0.2, -0.15) is 0 Å². The molecule has 1 aromatic rings. The van der Waals surface area contributed by atoms with Crippen molar-refractivity contribution >= 4 is 11.9 Å². The Balaban J connectivity index is 3.57. The molecule has 0 aliphatic rings. The largest absolute Gasteiger partial charge is 0.426 e. The monoisotopic (exact) mass is 276 g/mol. The minimum Gasteiger partial charge on any atom is -0.426 e. The Morgan fingerprint density at radius 3 is 1.85 bits per heavy atom. The third-order valence-electron chi connectivity index (χ3n) is 3.15. The molecule has 0 bridgehead atoms. The third kappa shape index (κ3) is 3.26. The van der Waals surface area contributed by atoms with E-state index in [0.29, 0.717) is 17.9 Å². The molecule has 0 amide bonds. The Bertz CT molecular complexity index is 571. The van der Waals surface area contributed by atoms with Gasteiger partial charge in [0.05, 0.1) is 0 Å². The second-order valence-corrected chi connectivity index (χ2v) is 4.69. The van der Waals surface area contributed by atoms with Crippen LogP contribution in [0.2, 0.25) is 0 Å². The van der Waals surface area contributed by atoms with Gasteiger partial charge in [0.15, 0.2) is 0 Å². The summed E-state index contributed by atoms with van der Waals surface area (Å²) in [6.45, 7) is 12.0. The summed E-state index contributed by atoms with van der Waals surface area (Å²) in [7, 11) is 0. The summed E-state index contributed by atoms with van der Waals surface area (Å²) in [6.07, 6.45) is 2.26. The first-order valence-corrected chi connectivity index (χ1v) is 6.39. The lowest BCUT2D eigenvalue weighted by atomic mass is 9.95. The van der Waals surface area contributed by atoms with E-state index < -0.39 is 0 Å². The highest BCUT2D eigenvalue weighted by molar-refractivity contribution is 5.74. The lowest BCUT2D eigenvalue weighted by molar-refractivity contribution is -0.133. The zero-order valence-electron chi connectivity index (χ0n) is 12.6. The molecule has 0 heterocycles. The van der Waals surface area contributed by atoms with Gasteiger partial charge in [-0.15, -0.1) is 6.58 Å². The van der Waals surface area contributed by atoms with Gasteiger partial charge in [0.1, 0.15) is 11.5 Å². The number of hydrogen-bond acceptors (Lipinski definition) is 4. The molecular formula is C16H20O4. The van der Waals surface area contributed by atoms with Crippen LogP contribution in [0.5, 0.6) is 11.5 Å². The first-order chi connectivity index (χ1) is 9.29.